The maximum atomic E-state index is 12.7. The van der Waals surface area contributed by atoms with Crippen LogP contribution in [0.5, 0.6) is 0 Å². The van der Waals surface area contributed by atoms with Crippen LogP contribution < -0.4 is 10.2 Å². The number of rotatable bonds is 1. The maximum Gasteiger partial charge on any atom is 0.416 e. The molecule has 6 heteroatoms. The van der Waals surface area contributed by atoms with Crippen LogP contribution in [-0.4, -0.2) is 24.6 Å². The van der Waals surface area contributed by atoms with Crippen molar-refractivity contribution in [2.75, 3.05) is 24.5 Å². The van der Waals surface area contributed by atoms with Gasteiger partial charge < -0.3 is 10.2 Å². The highest BCUT2D eigenvalue weighted by atomic mass is 19.4. The number of anilines is 1. The first-order chi connectivity index (χ1) is 9.02. The fourth-order valence-electron chi connectivity index (χ4n) is 2.64. The van der Waals surface area contributed by atoms with Crippen LogP contribution in [0.15, 0.2) is 30.1 Å². The van der Waals surface area contributed by atoms with Gasteiger partial charge in [0, 0.05) is 32.0 Å². The van der Waals surface area contributed by atoms with Gasteiger partial charge in [-0.25, -0.2) is 4.98 Å². The van der Waals surface area contributed by atoms with Crippen LogP contribution in [0.1, 0.15) is 12.0 Å². The number of fused-ring (bicyclic) bond motifs is 2. The van der Waals surface area contributed by atoms with Gasteiger partial charge in [0.2, 0.25) is 0 Å². The molecular weight excluding hydrogens is 255 g/mol. The van der Waals surface area contributed by atoms with Crippen molar-refractivity contribution in [2.45, 2.75) is 12.6 Å². The summed E-state index contributed by atoms with van der Waals surface area (Å²) in [6, 6.07) is 2.12. The lowest BCUT2D eigenvalue weighted by Crippen LogP contribution is -2.42. The normalized spacial score (nSPS) is 23.2. The molecule has 1 atom stereocenters. The molecule has 1 fully saturated rings. The van der Waals surface area contributed by atoms with Crippen molar-refractivity contribution in [3.63, 3.8) is 0 Å². The molecule has 1 unspecified atom stereocenters. The molecule has 19 heavy (non-hydrogen) atoms. The zero-order chi connectivity index (χ0) is 13.5. The number of halogens is 3. The Morgan fingerprint density at radius 2 is 2.21 bits per heavy atom. The fourth-order valence-corrected chi connectivity index (χ4v) is 2.64. The van der Waals surface area contributed by atoms with E-state index in [1.165, 1.54) is 11.8 Å². The largest absolute Gasteiger partial charge is 0.416 e. The van der Waals surface area contributed by atoms with E-state index >= 15 is 0 Å². The summed E-state index contributed by atoms with van der Waals surface area (Å²) < 4.78 is 38.1. The average Bonchev–Trinajstić information content (AvgIpc) is 2.37. The first-order valence-corrected chi connectivity index (χ1v) is 6.22. The van der Waals surface area contributed by atoms with E-state index in [9.17, 15) is 13.2 Å². The number of piperidine rings is 1. The molecule has 102 valence electrons. The van der Waals surface area contributed by atoms with Crippen molar-refractivity contribution in [1.29, 1.82) is 0 Å². The molecule has 3 nitrogen and oxygen atoms in total. The number of aromatic nitrogens is 1. The Kier molecular flexibility index (Phi) is 2.97. The van der Waals surface area contributed by atoms with Crippen LogP contribution >= 0.6 is 0 Å². The van der Waals surface area contributed by atoms with Gasteiger partial charge in [0.25, 0.3) is 0 Å². The van der Waals surface area contributed by atoms with Crippen LogP contribution in [0.25, 0.3) is 0 Å². The van der Waals surface area contributed by atoms with E-state index in [4.69, 9.17) is 0 Å². The minimum atomic E-state index is -4.32. The molecule has 1 N–H and O–H groups in total. The monoisotopic (exact) mass is 269 g/mol. The SMILES string of the molecule is FC(F)(F)c1ccnc(N2C=C3CNCC(C3)C2)c1. The van der Waals surface area contributed by atoms with Crippen molar-refractivity contribution in [3.05, 3.63) is 35.7 Å². The quantitative estimate of drug-likeness (QED) is 0.848. The Morgan fingerprint density at radius 3 is 2.95 bits per heavy atom. The molecule has 0 aromatic carbocycles. The van der Waals surface area contributed by atoms with E-state index in [0.29, 0.717) is 18.3 Å². The van der Waals surface area contributed by atoms with Gasteiger partial charge in [-0.05, 0) is 30.0 Å². The summed E-state index contributed by atoms with van der Waals surface area (Å²) in [5.41, 5.74) is 0.575. The van der Waals surface area contributed by atoms with Crippen LogP contribution in [0.2, 0.25) is 0 Å². The molecule has 0 saturated carbocycles. The Balaban J connectivity index is 1.90. The van der Waals surface area contributed by atoms with Crippen molar-refractivity contribution in [3.8, 4) is 0 Å². The molecule has 1 aromatic rings. The third-order valence-electron chi connectivity index (χ3n) is 3.50. The standard InChI is InChI=1S/C13H14F3N3/c14-13(15,16)11-1-2-18-12(4-11)19-7-9-3-10(8-19)6-17-5-9/h1-2,4,7,10,17H,3,5-6,8H2. The highest BCUT2D eigenvalue weighted by Gasteiger charge is 2.32. The molecule has 3 heterocycles. The van der Waals surface area contributed by atoms with Crippen LogP contribution in [0.3, 0.4) is 0 Å². The zero-order valence-corrected chi connectivity index (χ0v) is 10.2. The van der Waals surface area contributed by atoms with Gasteiger partial charge in [0.15, 0.2) is 0 Å². The van der Waals surface area contributed by atoms with Crippen LogP contribution in [0, 0.1) is 5.92 Å². The lowest BCUT2D eigenvalue weighted by molar-refractivity contribution is -0.137. The molecule has 1 saturated heterocycles. The molecule has 0 radical (unpaired) electrons. The summed E-state index contributed by atoms with van der Waals surface area (Å²) in [6.07, 6.45) is -0.148. The van der Waals surface area contributed by atoms with E-state index in [2.05, 4.69) is 10.3 Å². The highest BCUT2D eigenvalue weighted by Crippen LogP contribution is 2.32. The molecule has 2 aliphatic rings. The van der Waals surface area contributed by atoms with E-state index in [1.807, 2.05) is 11.1 Å². The third kappa shape index (κ3) is 2.58. The molecular formula is C13H14F3N3. The second-order valence-corrected chi connectivity index (χ2v) is 5.04. The summed E-state index contributed by atoms with van der Waals surface area (Å²) >= 11 is 0. The second kappa shape index (κ2) is 4.52. The number of hydrogen-bond acceptors (Lipinski definition) is 3. The number of hydrogen-bond donors (Lipinski definition) is 1. The zero-order valence-electron chi connectivity index (χ0n) is 10.2. The maximum absolute atomic E-state index is 12.7. The average molecular weight is 269 g/mol. The van der Waals surface area contributed by atoms with Gasteiger partial charge in [-0.1, -0.05) is 0 Å². The van der Waals surface area contributed by atoms with Gasteiger partial charge in [-0.15, -0.1) is 0 Å². The highest BCUT2D eigenvalue weighted by molar-refractivity contribution is 5.47. The summed E-state index contributed by atoms with van der Waals surface area (Å²) in [4.78, 5) is 5.90. The topological polar surface area (TPSA) is 28.2 Å². The molecule has 2 bridgehead atoms. The third-order valence-corrected chi connectivity index (χ3v) is 3.50. The first-order valence-electron chi connectivity index (χ1n) is 6.22. The molecule has 0 amide bonds. The molecule has 1 aromatic heterocycles. The Labute approximate surface area is 109 Å². The Morgan fingerprint density at radius 1 is 1.37 bits per heavy atom. The minimum absolute atomic E-state index is 0.374. The number of alkyl halides is 3. The van der Waals surface area contributed by atoms with Gasteiger partial charge in [0.05, 0.1) is 5.56 Å². The summed E-state index contributed by atoms with van der Waals surface area (Å²) in [6.45, 7) is 2.43. The number of nitrogens with one attached hydrogen (secondary N) is 1. The van der Waals surface area contributed by atoms with Crippen molar-refractivity contribution in [1.82, 2.24) is 10.3 Å². The van der Waals surface area contributed by atoms with E-state index in [-0.39, 0.29) is 0 Å². The molecule has 2 aliphatic heterocycles. The Bertz CT molecular complexity index is 510. The number of nitrogens with zero attached hydrogens (tertiary/aromatic N) is 2. The van der Waals surface area contributed by atoms with Gasteiger partial charge >= 0.3 is 6.18 Å². The fraction of sp³-hybridized carbons (Fsp3) is 0.462. The summed E-state index contributed by atoms with van der Waals surface area (Å²) in [5, 5.41) is 3.30. The summed E-state index contributed by atoms with van der Waals surface area (Å²) in [5.74, 6) is 0.823. The predicted molar refractivity (Wildman–Crippen MR) is 65.6 cm³/mol. The van der Waals surface area contributed by atoms with Crippen molar-refractivity contribution in [2.24, 2.45) is 5.92 Å². The summed E-state index contributed by atoms with van der Waals surface area (Å²) in [7, 11) is 0. The lowest BCUT2D eigenvalue weighted by atomic mass is 9.92. The van der Waals surface area contributed by atoms with E-state index in [1.54, 1.807) is 0 Å². The van der Waals surface area contributed by atoms with E-state index < -0.39 is 11.7 Å². The smallest absolute Gasteiger partial charge is 0.333 e. The molecule has 3 rings (SSSR count). The predicted octanol–water partition coefficient (Wildman–Crippen LogP) is 2.41. The van der Waals surface area contributed by atoms with Crippen molar-refractivity contribution >= 4 is 5.82 Å². The molecule has 0 aliphatic carbocycles. The van der Waals surface area contributed by atoms with Crippen LogP contribution in [0.4, 0.5) is 19.0 Å². The van der Waals surface area contributed by atoms with Crippen molar-refractivity contribution < 1.29 is 13.2 Å². The first kappa shape index (κ1) is 12.5. The van der Waals surface area contributed by atoms with E-state index in [0.717, 1.165) is 31.6 Å². The lowest BCUT2D eigenvalue weighted by Gasteiger charge is -2.36. The van der Waals surface area contributed by atoms with Gasteiger partial charge in [-0.3, -0.25) is 0 Å². The van der Waals surface area contributed by atoms with Gasteiger partial charge in [-0.2, -0.15) is 13.2 Å². The minimum Gasteiger partial charge on any atom is -0.333 e. The second-order valence-electron chi connectivity index (χ2n) is 5.04. The Hall–Kier alpha value is -1.56. The molecule has 0 spiro atoms. The number of pyridine rings is 1. The van der Waals surface area contributed by atoms with Gasteiger partial charge in [0.1, 0.15) is 5.82 Å². The van der Waals surface area contributed by atoms with Crippen LogP contribution in [-0.2, 0) is 6.18 Å².